The Labute approximate surface area is 135 Å². The zero-order valence-electron chi connectivity index (χ0n) is 12.9. The Bertz CT molecular complexity index is 766. The van der Waals surface area contributed by atoms with Crippen molar-refractivity contribution in [1.82, 2.24) is 9.88 Å². The summed E-state index contributed by atoms with van der Waals surface area (Å²) in [6.07, 6.45) is 3.94. The minimum atomic E-state index is -0.217. The van der Waals surface area contributed by atoms with Crippen molar-refractivity contribution in [3.8, 4) is 5.69 Å². The van der Waals surface area contributed by atoms with E-state index in [-0.39, 0.29) is 12.1 Å². The molecule has 0 radical (unpaired) electrons. The van der Waals surface area contributed by atoms with Crippen LogP contribution in [0.25, 0.3) is 5.69 Å². The van der Waals surface area contributed by atoms with Crippen LogP contribution in [0.3, 0.4) is 0 Å². The number of nitrogens with one attached hydrogen (secondary N) is 2. The molecule has 23 heavy (non-hydrogen) atoms. The number of rotatable bonds is 4. The molecular formula is C19H19N3O. The van der Waals surface area contributed by atoms with Crippen LogP contribution in [0.2, 0.25) is 0 Å². The summed E-state index contributed by atoms with van der Waals surface area (Å²) in [6, 6.07) is 21.3. The molecule has 2 amide bonds. The van der Waals surface area contributed by atoms with Crippen molar-refractivity contribution in [1.29, 1.82) is 0 Å². The molecule has 0 saturated carbocycles. The van der Waals surface area contributed by atoms with Crippen molar-refractivity contribution < 1.29 is 4.79 Å². The van der Waals surface area contributed by atoms with E-state index in [1.165, 1.54) is 0 Å². The fraction of sp³-hybridized carbons (Fsp3) is 0.105. The van der Waals surface area contributed by atoms with Gasteiger partial charge in [-0.25, -0.2) is 4.79 Å². The van der Waals surface area contributed by atoms with E-state index in [1.807, 2.05) is 90.6 Å². The van der Waals surface area contributed by atoms with E-state index in [4.69, 9.17) is 0 Å². The topological polar surface area (TPSA) is 46.1 Å². The summed E-state index contributed by atoms with van der Waals surface area (Å²) in [6.45, 7) is 1.96. The third kappa shape index (κ3) is 3.80. The monoisotopic (exact) mass is 305 g/mol. The molecule has 0 aliphatic rings. The Morgan fingerprint density at radius 3 is 2.43 bits per heavy atom. The Morgan fingerprint density at radius 2 is 1.70 bits per heavy atom. The van der Waals surface area contributed by atoms with E-state index >= 15 is 0 Å². The lowest BCUT2D eigenvalue weighted by Gasteiger charge is -2.15. The van der Waals surface area contributed by atoms with Gasteiger partial charge in [-0.05, 0) is 42.8 Å². The van der Waals surface area contributed by atoms with E-state index in [2.05, 4.69) is 10.6 Å². The molecule has 3 rings (SSSR count). The highest BCUT2D eigenvalue weighted by Crippen LogP contribution is 2.16. The highest BCUT2D eigenvalue weighted by Gasteiger charge is 2.09. The second kappa shape index (κ2) is 6.83. The van der Waals surface area contributed by atoms with Gasteiger partial charge in [-0.15, -0.1) is 0 Å². The van der Waals surface area contributed by atoms with Crippen LogP contribution in [-0.2, 0) is 0 Å². The minimum Gasteiger partial charge on any atom is -0.331 e. The predicted molar refractivity (Wildman–Crippen MR) is 92.8 cm³/mol. The first-order chi connectivity index (χ1) is 11.2. The van der Waals surface area contributed by atoms with Crippen LogP contribution in [0.1, 0.15) is 18.5 Å². The largest absolute Gasteiger partial charge is 0.331 e. The van der Waals surface area contributed by atoms with E-state index in [0.29, 0.717) is 0 Å². The molecule has 0 fully saturated rings. The number of hydrogen-bond acceptors (Lipinski definition) is 1. The SMILES string of the molecule is CC(NC(=O)Nc1cccc(-n2cccc2)c1)c1ccccc1. The third-order valence-electron chi connectivity index (χ3n) is 3.65. The van der Waals surface area contributed by atoms with E-state index in [1.54, 1.807) is 0 Å². The van der Waals surface area contributed by atoms with Crippen molar-refractivity contribution in [2.45, 2.75) is 13.0 Å². The van der Waals surface area contributed by atoms with Crippen molar-refractivity contribution in [2.24, 2.45) is 0 Å². The van der Waals surface area contributed by atoms with E-state index in [9.17, 15) is 4.79 Å². The first-order valence-electron chi connectivity index (χ1n) is 7.58. The second-order valence-corrected chi connectivity index (χ2v) is 5.37. The highest BCUT2D eigenvalue weighted by molar-refractivity contribution is 5.89. The van der Waals surface area contributed by atoms with Crippen molar-refractivity contribution in [2.75, 3.05) is 5.32 Å². The maximum atomic E-state index is 12.2. The molecule has 0 aliphatic carbocycles. The number of amides is 2. The Hall–Kier alpha value is -3.01. The molecule has 1 unspecified atom stereocenters. The molecule has 2 aromatic carbocycles. The van der Waals surface area contributed by atoms with Crippen LogP contribution in [0.15, 0.2) is 79.1 Å². The second-order valence-electron chi connectivity index (χ2n) is 5.37. The predicted octanol–water partition coefficient (Wildman–Crippen LogP) is 4.36. The summed E-state index contributed by atoms with van der Waals surface area (Å²) in [5, 5.41) is 5.82. The van der Waals surface area contributed by atoms with Gasteiger partial charge in [0.15, 0.2) is 0 Å². The Morgan fingerprint density at radius 1 is 0.957 bits per heavy atom. The Balaban J connectivity index is 1.65. The lowest BCUT2D eigenvalue weighted by atomic mass is 10.1. The van der Waals surface area contributed by atoms with Gasteiger partial charge in [-0.1, -0.05) is 36.4 Å². The first kappa shape index (κ1) is 14.9. The molecule has 1 heterocycles. The Kier molecular flexibility index (Phi) is 4.43. The molecule has 0 saturated heterocycles. The first-order valence-corrected chi connectivity index (χ1v) is 7.58. The van der Waals surface area contributed by atoms with Crippen LogP contribution in [0.4, 0.5) is 10.5 Å². The molecule has 4 nitrogen and oxygen atoms in total. The zero-order chi connectivity index (χ0) is 16.1. The van der Waals surface area contributed by atoms with Crippen LogP contribution in [0, 0.1) is 0 Å². The average molecular weight is 305 g/mol. The molecule has 2 N–H and O–H groups in total. The van der Waals surface area contributed by atoms with Crippen LogP contribution < -0.4 is 10.6 Å². The lowest BCUT2D eigenvalue weighted by molar-refractivity contribution is 0.249. The standard InChI is InChI=1S/C19H19N3O/c1-15(16-8-3-2-4-9-16)20-19(23)21-17-10-7-11-18(14-17)22-12-5-6-13-22/h2-15H,1H3,(H2,20,21,23). The molecule has 116 valence electrons. The van der Waals surface area contributed by atoms with Gasteiger partial charge in [0.05, 0.1) is 6.04 Å². The molecular weight excluding hydrogens is 286 g/mol. The fourth-order valence-electron chi connectivity index (χ4n) is 2.44. The van der Waals surface area contributed by atoms with Crippen molar-refractivity contribution in [3.05, 3.63) is 84.7 Å². The summed E-state index contributed by atoms with van der Waals surface area (Å²) in [5.41, 5.74) is 2.83. The van der Waals surface area contributed by atoms with Gasteiger partial charge in [0.1, 0.15) is 0 Å². The van der Waals surface area contributed by atoms with Gasteiger partial charge in [0, 0.05) is 23.8 Å². The van der Waals surface area contributed by atoms with Gasteiger partial charge in [0.25, 0.3) is 0 Å². The lowest BCUT2D eigenvalue weighted by Crippen LogP contribution is -2.31. The van der Waals surface area contributed by atoms with Gasteiger partial charge in [-0.2, -0.15) is 0 Å². The number of aromatic nitrogens is 1. The van der Waals surface area contributed by atoms with Gasteiger partial charge in [0.2, 0.25) is 0 Å². The molecule has 4 heteroatoms. The van der Waals surface area contributed by atoms with Crippen LogP contribution >= 0.6 is 0 Å². The molecule has 1 atom stereocenters. The number of benzene rings is 2. The van der Waals surface area contributed by atoms with E-state index < -0.39 is 0 Å². The molecule has 0 bridgehead atoms. The normalized spacial score (nSPS) is 11.7. The van der Waals surface area contributed by atoms with Crippen LogP contribution in [0.5, 0.6) is 0 Å². The van der Waals surface area contributed by atoms with Crippen molar-refractivity contribution >= 4 is 11.7 Å². The molecule has 1 aromatic heterocycles. The minimum absolute atomic E-state index is 0.0520. The van der Waals surface area contributed by atoms with Gasteiger partial charge in [-0.3, -0.25) is 0 Å². The number of urea groups is 1. The summed E-state index contributed by atoms with van der Waals surface area (Å²) >= 11 is 0. The number of hydrogen-bond donors (Lipinski definition) is 2. The maximum Gasteiger partial charge on any atom is 0.319 e. The summed E-state index contributed by atoms with van der Waals surface area (Å²) in [5.74, 6) is 0. The zero-order valence-corrected chi connectivity index (χ0v) is 12.9. The molecule has 3 aromatic rings. The number of anilines is 1. The summed E-state index contributed by atoms with van der Waals surface area (Å²) < 4.78 is 2.00. The van der Waals surface area contributed by atoms with E-state index in [0.717, 1.165) is 16.9 Å². The number of carbonyl (C=O) groups is 1. The number of carbonyl (C=O) groups excluding carboxylic acids is 1. The van der Waals surface area contributed by atoms with Gasteiger partial charge >= 0.3 is 6.03 Å². The van der Waals surface area contributed by atoms with Crippen molar-refractivity contribution in [3.63, 3.8) is 0 Å². The summed E-state index contributed by atoms with van der Waals surface area (Å²) in [7, 11) is 0. The smallest absolute Gasteiger partial charge is 0.319 e. The fourth-order valence-corrected chi connectivity index (χ4v) is 2.44. The summed E-state index contributed by atoms with van der Waals surface area (Å²) in [4.78, 5) is 12.2. The molecule has 0 spiro atoms. The average Bonchev–Trinajstić information content (AvgIpc) is 3.10. The van der Waals surface area contributed by atoms with Gasteiger partial charge < -0.3 is 15.2 Å². The number of nitrogens with zero attached hydrogens (tertiary/aromatic N) is 1. The van der Waals surface area contributed by atoms with Crippen LogP contribution in [-0.4, -0.2) is 10.6 Å². The third-order valence-corrected chi connectivity index (χ3v) is 3.65. The maximum absolute atomic E-state index is 12.2. The quantitative estimate of drug-likeness (QED) is 0.739. The molecule has 0 aliphatic heterocycles. The highest BCUT2D eigenvalue weighted by atomic mass is 16.2.